The van der Waals surface area contributed by atoms with Crippen LogP contribution < -0.4 is 0 Å². The summed E-state index contributed by atoms with van der Waals surface area (Å²) in [5.41, 5.74) is 5.53. The number of unbranched alkanes of at least 4 members (excludes halogenated alkanes) is 3. The first kappa shape index (κ1) is 32.3. The van der Waals surface area contributed by atoms with Crippen molar-refractivity contribution in [2.75, 3.05) is 19.6 Å². The molecule has 1 aromatic heterocycles. The fourth-order valence-corrected chi connectivity index (χ4v) is 5.21. The van der Waals surface area contributed by atoms with Crippen LogP contribution in [0.15, 0.2) is 40.8 Å². The van der Waals surface area contributed by atoms with Crippen molar-refractivity contribution < 1.29 is 18.7 Å². The van der Waals surface area contributed by atoms with Gasteiger partial charge in [-0.25, -0.2) is 4.79 Å². The number of hydrogen-bond donors (Lipinski definition) is 0. The van der Waals surface area contributed by atoms with Crippen molar-refractivity contribution in [1.29, 1.82) is 0 Å². The minimum Gasteiger partial charge on any atom is -0.460 e. The molecule has 2 aromatic carbocycles. The molecule has 0 aliphatic rings. The molecule has 0 aliphatic carbocycles. The van der Waals surface area contributed by atoms with E-state index in [0.717, 1.165) is 49.2 Å². The van der Waals surface area contributed by atoms with E-state index in [1.54, 1.807) is 18.2 Å². The zero-order chi connectivity index (χ0) is 29.9. The number of benzene rings is 2. The maximum absolute atomic E-state index is 14.1. The summed E-state index contributed by atoms with van der Waals surface area (Å²) in [4.78, 5) is 29.3. The van der Waals surface area contributed by atoms with E-state index in [9.17, 15) is 9.59 Å². The molecule has 0 radical (unpaired) electrons. The second-order valence-electron chi connectivity index (χ2n) is 11.4. The smallest absolute Gasteiger partial charge is 0.338 e. The van der Waals surface area contributed by atoms with Gasteiger partial charge in [-0.2, -0.15) is 0 Å². The van der Waals surface area contributed by atoms with Crippen molar-refractivity contribution in [2.24, 2.45) is 0 Å². The van der Waals surface area contributed by atoms with Gasteiger partial charge in [0.25, 0.3) is 0 Å². The maximum Gasteiger partial charge on any atom is 0.338 e. The number of furan rings is 1. The summed E-state index contributed by atoms with van der Waals surface area (Å²) in [5, 5.41) is 0.665. The molecule has 5 heteroatoms. The Bertz CT molecular complexity index is 1320. The Morgan fingerprint density at radius 1 is 0.902 bits per heavy atom. The molecule has 0 spiro atoms. The predicted molar refractivity (Wildman–Crippen MR) is 170 cm³/mol. The minimum atomic E-state index is -0.401. The summed E-state index contributed by atoms with van der Waals surface area (Å²) < 4.78 is 11.6. The van der Waals surface area contributed by atoms with Crippen molar-refractivity contribution in [3.63, 3.8) is 0 Å². The monoisotopic (exact) mass is 559 g/mol. The number of ketones is 1. The Balaban J connectivity index is 1.94. The molecular formula is C36H49NO4. The zero-order valence-corrected chi connectivity index (χ0v) is 26.3. The number of ether oxygens (including phenoxy) is 1. The third kappa shape index (κ3) is 8.65. The lowest BCUT2D eigenvalue weighted by molar-refractivity contribution is 0.0378. The van der Waals surface area contributed by atoms with Gasteiger partial charge in [0.1, 0.15) is 11.3 Å². The van der Waals surface area contributed by atoms with E-state index < -0.39 is 5.97 Å². The molecule has 0 unspecified atom stereocenters. The van der Waals surface area contributed by atoms with E-state index in [1.165, 1.54) is 25.7 Å². The summed E-state index contributed by atoms with van der Waals surface area (Å²) in [6.07, 6.45) is 11.7. The molecule has 0 N–H and O–H groups in total. The summed E-state index contributed by atoms with van der Waals surface area (Å²) in [7, 11) is 0. The molecule has 0 saturated heterocycles. The number of aryl methyl sites for hydroxylation is 3. The number of nitrogens with zero attached hydrogens (tertiary/aromatic N) is 1. The van der Waals surface area contributed by atoms with E-state index in [2.05, 4.69) is 51.7 Å². The molecular weight excluding hydrogens is 510 g/mol. The van der Waals surface area contributed by atoms with Crippen molar-refractivity contribution in [2.45, 2.75) is 99.5 Å². The Hall–Kier alpha value is -3.18. The lowest BCUT2D eigenvalue weighted by Crippen LogP contribution is -2.26. The van der Waals surface area contributed by atoms with Crippen LogP contribution in [0.25, 0.3) is 17.0 Å². The normalized spacial score (nSPS) is 11.8. The Morgan fingerprint density at radius 3 is 2.12 bits per heavy atom. The van der Waals surface area contributed by atoms with Crippen LogP contribution in [0.5, 0.6) is 0 Å². The van der Waals surface area contributed by atoms with Crippen LogP contribution in [0.1, 0.15) is 122 Å². The van der Waals surface area contributed by atoms with E-state index in [0.29, 0.717) is 39.8 Å². The molecule has 3 rings (SSSR count). The van der Waals surface area contributed by atoms with Gasteiger partial charge in [0, 0.05) is 23.9 Å². The number of carbonyl (C=O) groups excluding carboxylic acids is 2. The number of esters is 1. The molecule has 3 aromatic rings. The van der Waals surface area contributed by atoms with Crippen LogP contribution in [-0.2, 0) is 11.2 Å². The number of fused-ring (bicyclic) bond motifs is 1. The fourth-order valence-electron chi connectivity index (χ4n) is 5.21. The van der Waals surface area contributed by atoms with Gasteiger partial charge in [-0.15, -0.1) is 0 Å². The molecule has 0 atom stereocenters. The third-order valence-corrected chi connectivity index (χ3v) is 7.48. The quantitative estimate of drug-likeness (QED) is 0.129. The van der Waals surface area contributed by atoms with Gasteiger partial charge < -0.3 is 9.15 Å². The Kier molecular flexibility index (Phi) is 12.4. The van der Waals surface area contributed by atoms with Crippen LogP contribution in [0, 0.1) is 13.8 Å². The summed E-state index contributed by atoms with van der Waals surface area (Å²) in [6, 6.07) is 9.19. The van der Waals surface area contributed by atoms with E-state index >= 15 is 0 Å². The predicted octanol–water partition coefficient (Wildman–Crippen LogP) is 9.10. The first-order chi connectivity index (χ1) is 19.7. The number of hydrogen-bond acceptors (Lipinski definition) is 5. The molecule has 0 aliphatic heterocycles. The Morgan fingerprint density at radius 2 is 1.54 bits per heavy atom. The molecule has 0 bridgehead atoms. The molecule has 41 heavy (non-hydrogen) atoms. The van der Waals surface area contributed by atoms with Gasteiger partial charge >= 0.3 is 5.97 Å². The highest BCUT2D eigenvalue weighted by Gasteiger charge is 2.24. The van der Waals surface area contributed by atoms with Gasteiger partial charge in [0.15, 0.2) is 5.78 Å². The van der Waals surface area contributed by atoms with Crippen LogP contribution in [0.2, 0.25) is 0 Å². The summed E-state index contributed by atoms with van der Waals surface area (Å²) in [6.45, 7) is 17.6. The van der Waals surface area contributed by atoms with Gasteiger partial charge in [0.2, 0.25) is 0 Å². The van der Waals surface area contributed by atoms with E-state index in [1.807, 2.05) is 26.0 Å². The highest BCUT2D eigenvalue weighted by molar-refractivity contribution is 6.17. The van der Waals surface area contributed by atoms with E-state index in [-0.39, 0.29) is 11.9 Å². The third-order valence-electron chi connectivity index (χ3n) is 7.48. The SMILES string of the molecule is CCCCc1oc2ccc(C(=O)OC(C)C)cc2c1C(=O)c1cc(C)c(C=CCN(CCCC)CCCC)c(C)c1. The molecule has 0 amide bonds. The molecule has 1 heterocycles. The van der Waals surface area contributed by atoms with Gasteiger partial charge in [-0.3, -0.25) is 9.69 Å². The summed E-state index contributed by atoms with van der Waals surface area (Å²) >= 11 is 0. The first-order valence-corrected chi connectivity index (χ1v) is 15.5. The fraction of sp³-hybridized carbons (Fsp3) is 0.500. The van der Waals surface area contributed by atoms with Gasteiger partial charge in [-0.1, -0.05) is 52.2 Å². The van der Waals surface area contributed by atoms with Crippen LogP contribution in [-0.4, -0.2) is 42.4 Å². The highest BCUT2D eigenvalue weighted by atomic mass is 16.5. The van der Waals surface area contributed by atoms with E-state index in [4.69, 9.17) is 9.15 Å². The lowest BCUT2D eigenvalue weighted by Gasteiger charge is -2.20. The lowest BCUT2D eigenvalue weighted by atomic mass is 9.92. The standard InChI is InChI=1S/C36H49NO4/c1-8-11-16-33-34(31-24-28(17-18-32(31)41-33)36(39)40-25(4)5)35(38)29-22-26(6)30(27(7)23-29)15-14-21-37(19-12-9-2)20-13-10-3/h14-15,17-18,22-25H,8-13,16,19-21H2,1-7H3. The van der Waals surface area contributed by atoms with Crippen molar-refractivity contribution in [3.8, 4) is 0 Å². The zero-order valence-electron chi connectivity index (χ0n) is 26.3. The molecule has 222 valence electrons. The second-order valence-corrected chi connectivity index (χ2v) is 11.4. The maximum atomic E-state index is 14.1. The van der Waals surface area contributed by atoms with Crippen molar-refractivity contribution in [1.82, 2.24) is 4.90 Å². The van der Waals surface area contributed by atoms with Crippen molar-refractivity contribution >= 4 is 28.8 Å². The number of carbonyl (C=O) groups is 2. The average Bonchev–Trinajstić information content (AvgIpc) is 3.30. The average molecular weight is 560 g/mol. The minimum absolute atomic E-state index is 0.0729. The first-order valence-electron chi connectivity index (χ1n) is 15.5. The van der Waals surface area contributed by atoms with Crippen molar-refractivity contribution in [3.05, 3.63) is 75.5 Å². The highest BCUT2D eigenvalue weighted by Crippen LogP contribution is 2.32. The second kappa shape index (κ2) is 15.7. The molecule has 0 saturated carbocycles. The largest absolute Gasteiger partial charge is 0.460 e. The van der Waals surface area contributed by atoms with Gasteiger partial charge in [-0.05, 0) is 107 Å². The number of rotatable bonds is 16. The van der Waals surface area contributed by atoms with Gasteiger partial charge in [0.05, 0.1) is 17.2 Å². The molecule has 0 fully saturated rings. The summed E-state index contributed by atoms with van der Waals surface area (Å²) in [5.74, 6) is 0.207. The van der Waals surface area contributed by atoms with Crippen LogP contribution in [0.4, 0.5) is 0 Å². The van der Waals surface area contributed by atoms with Crippen LogP contribution in [0.3, 0.4) is 0 Å². The van der Waals surface area contributed by atoms with Crippen LogP contribution >= 0.6 is 0 Å². The molecule has 5 nitrogen and oxygen atoms in total. The topological polar surface area (TPSA) is 59.8 Å². The Labute approximate surface area is 247 Å².